The monoisotopic (exact) mass is 330 g/mol. The Morgan fingerprint density at radius 3 is 2.64 bits per heavy atom. The summed E-state index contributed by atoms with van der Waals surface area (Å²) in [6, 6.07) is 0. The van der Waals surface area contributed by atoms with Gasteiger partial charge in [0.1, 0.15) is 5.76 Å². The van der Waals surface area contributed by atoms with Gasteiger partial charge in [0.05, 0.1) is 30.0 Å². The summed E-state index contributed by atoms with van der Waals surface area (Å²) in [4.78, 5) is 22.9. The second-order valence-electron chi connectivity index (χ2n) is 5.41. The molecule has 0 aliphatic heterocycles. The number of nitrogens with one attached hydrogen (secondary N) is 1. The van der Waals surface area contributed by atoms with Crippen molar-refractivity contribution in [3.8, 4) is 0 Å². The fourth-order valence-electron chi connectivity index (χ4n) is 2.11. The van der Waals surface area contributed by atoms with Crippen LogP contribution in [0.25, 0.3) is 0 Å². The lowest BCUT2D eigenvalue weighted by Crippen LogP contribution is -2.51. The molecule has 1 amide bonds. The molecule has 1 rings (SSSR count). The van der Waals surface area contributed by atoms with Gasteiger partial charge in [-0.05, 0) is 20.8 Å². The van der Waals surface area contributed by atoms with Crippen LogP contribution in [0.1, 0.15) is 30.4 Å². The first-order valence-corrected chi connectivity index (χ1v) is 7.94. The van der Waals surface area contributed by atoms with Crippen LogP contribution in [-0.4, -0.2) is 47.1 Å². The van der Waals surface area contributed by atoms with E-state index in [4.69, 9.17) is 14.4 Å². The molecule has 7 nitrogen and oxygen atoms in total. The van der Waals surface area contributed by atoms with Crippen LogP contribution < -0.4 is 5.32 Å². The number of carboxylic acids is 1. The molecular formula is C14H22N2O5S. The Labute approximate surface area is 133 Å². The summed E-state index contributed by atoms with van der Waals surface area (Å²) >= 11 is 1.42. The number of aryl methyl sites for hydroxylation is 2. The van der Waals surface area contributed by atoms with E-state index in [0.717, 1.165) is 17.0 Å². The summed E-state index contributed by atoms with van der Waals surface area (Å²) < 4.78 is 10.1. The van der Waals surface area contributed by atoms with E-state index in [1.165, 1.54) is 18.9 Å². The maximum Gasteiger partial charge on any atom is 0.305 e. The Hall–Kier alpha value is -1.54. The van der Waals surface area contributed by atoms with Crippen molar-refractivity contribution in [1.82, 2.24) is 10.5 Å². The van der Waals surface area contributed by atoms with Gasteiger partial charge < -0.3 is 19.7 Å². The van der Waals surface area contributed by atoms with Crippen molar-refractivity contribution in [3.63, 3.8) is 0 Å². The minimum Gasteiger partial charge on any atom is -0.481 e. The van der Waals surface area contributed by atoms with Gasteiger partial charge in [-0.3, -0.25) is 9.59 Å². The number of ether oxygens (including phenoxy) is 1. The number of aliphatic carboxylic acids is 1. The first-order chi connectivity index (χ1) is 10.3. The van der Waals surface area contributed by atoms with Crippen LogP contribution in [-0.2, 0) is 20.1 Å². The Morgan fingerprint density at radius 2 is 2.14 bits per heavy atom. The van der Waals surface area contributed by atoms with E-state index in [-0.39, 0.29) is 24.7 Å². The number of carbonyl (C=O) groups excluding carboxylic acids is 1. The third-order valence-corrected chi connectivity index (χ3v) is 4.07. The fourth-order valence-corrected chi connectivity index (χ4v) is 3.09. The second-order valence-corrected chi connectivity index (χ2v) is 6.39. The molecule has 1 aromatic heterocycles. The Kier molecular flexibility index (Phi) is 6.89. The lowest BCUT2D eigenvalue weighted by Gasteiger charge is -2.28. The van der Waals surface area contributed by atoms with Crippen LogP contribution in [0, 0.1) is 13.8 Å². The zero-order valence-corrected chi connectivity index (χ0v) is 14.1. The van der Waals surface area contributed by atoms with Gasteiger partial charge in [-0.1, -0.05) is 5.16 Å². The molecule has 0 saturated carbocycles. The van der Waals surface area contributed by atoms with Crippen molar-refractivity contribution in [3.05, 3.63) is 17.0 Å². The lowest BCUT2D eigenvalue weighted by molar-refractivity contribution is -0.139. The minimum absolute atomic E-state index is 0.138. The highest BCUT2D eigenvalue weighted by atomic mass is 32.2. The predicted molar refractivity (Wildman–Crippen MR) is 82.8 cm³/mol. The second kappa shape index (κ2) is 8.19. The zero-order valence-electron chi connectivity index (χ0n) is 13.3. The van der Waals surface area contributed by atoms with E-state index < -0.39 is 11.5 Å². The molecule has 0 spiro atoms. The molecule has 0 bridgehead atoms. The Morgan fingerprint density at radius 1 is 1.45 bits per heavy atom. The maximum atomic E-state index is 12.0. The van der Waals surface area contributed by atoms with Gasteiger partial charge in [0.15, 0.2) is 0 Å². The molecule has 0 radical (unpaired) electrons. The molecule has 1 atom stereocenters. The molecule has 1 unspecified atom stereocenters. The number of carbonyl (C=O) groups is 2. The van der Waals surface area contributed by atoms with Gasteiger partial charge in [0, 0.05) is 18.4 Å². The predicted octanol–water partition coefficient (Wildman–Crippen LogP) is 1.52. The maximum absolute atomic E-state index is 12.0. The largest absolute Gasteiger partial charge is 0.481 e. The third-order valence-electron chi connectivity index (χ3n) is 3.11. The molecule has 22 heavy (non-hydrogen) atoms. The van der Waals surface area contributed by atoms with Crippen molar-refractivity contribution in [2.45, 2.75) is 38.5 Å². The summed E-state index contributed by atoms with van der Waals surface area (Å²) in [6.07, 6.45) is -0.193. The average molecular weight is 330 g/mol. The molecule has 1 aromatic rings. The van der Waals surface area contributed by atoms with E-state index in [1.807, 2.05) is 13.8 Å². The van der Waals surface area contributed by atoms with Crippen LogP contribution in [0.2, 0.25) is 0 Å². The van der Waals surface area contributed by atoms with E-state index in [1.54, 1.807) is 6.92 Å². The highest BCUT2D eigenvalue weighted by Gasteiger charge is 2.29. The number of nitrogens with zero attached hydrogens (tertiary/aromatic N) is 1. The van der Waals surface area contributed by atoms with E-state index in [2.05, 4.69) is 10.5 Å². The summed E-state index contributed by atoms with van der Waals surface area (Å²) in [5, 5.41) is 15.5. The number of hydrogen-bond donors (Lipinski definition) is 2. The van der Waals surface area contributed by atoms with E-state index in [0.29, 0.717) is 5.75 Å². The van der Waals surface area contributed by atoms with Crippen LogP contribution in [0.4, 0.5) is 0 Å². The number of hydrogen-bond acceptors (Lipinski definition) is 6. The van der Waals surface area contributed by atoms with Crippen molar-refractivity contribution >= 4 is 23.6 Å². The van der Waals surface area contributed by atoms with E-state index >= 15 is 0 Å². The number of thioether (sulfide) groups is 1. The number of rotatable bonds is 9. The van der Waals surface area contributed by atoms with Crippen molar-refractivity contribution in [2.75, 3.05) is 19.5 Å². The molecule has 2 N–H and O–H groups in total. The molecule has 1 heterocycles. The first kappa shape index (κ1) is 18.5. The quantitative estimate of drug-likeness (QED) is 0.708. The Bertz CT molecular complexity index is 512. The van der Waals surface area contributed by atoms with Gasteiger partial charge in [0.25, 0.3) is 0 Å². The van der Waals surface area contributed by atoms with E-state index in [9.17, 15) is 9.59 Å². The summed E-state index contributed by atoms with van der Waals surface area (Å²) in [5.41, 5.74) is 0.893. The smallest absolute Gasteiger partial charge is 0.305 e. The normalized spacial score (nSPS) is 13.6. The zero-order chi connectivity index (χ0) is 16.8. The topological polar surface area (TPSA) is 102 Å². The first-order valence-electron chi connectivity index (χ1n) is 6.78. The molecule has 8 heteroatoms. The summed E-state index contributed by atoms with van der Waals surface area (Å²) in [5.74, 6) is 0.388. The van der Waals surface area contributed by atoms with Crippen LogP contribution in [0.3, 0.4) is 0 Å². The molecule has 0 aliphatic carbocycles. The van der Waals surface area contributed by atoms with Crippen molar-refractivity contribution in [1.29, 1.82) is 0 Å². The molecule has 0 aromatic carbocycles. The van der Waals surface area contributed by atoms with Gasteiger partial charge in [0.2, 0.25) is 5.91 Å². The fraction of sp³-hybridized carbons (Fsp3) is 0.643. The number of aromatic nitrogens is 1. The molecule has 0 saturated heterocycles. The van der Waals surface area contributed by atoms with Crippen LogP contribution >= 0.6 is 11.8 Å². The minimum atomic E-state index is -0.983. The highest BCUT2D eigenvalue weighted by Crippen LogP contribution is 2.19. The number of amides is 1. The lowest BCUT2D eigenvalue weighted by atomic mass is 9.99. The van der Waals surface area contributed by atoms with Crippen molar-refractivity contribution < 1.29 is 24.0 Å². The SMILES string of the molecule is COCC(C)(CC(=O)O)NC(=O)CSCc1c(C)noc1C. The van der Waals surface area contributed by atoms with Gasteiger partial charge in [-0.25, -0.2) is 0 Å². The van der Waals surface area contributed by atoms with Gasteiger partial charge in [-0.15, -0.1) is 11.8 Å². The van der Waals surface area contributed by atoms with Gasteiger partial charge >= 0.3 is 5.97 Å². The number of methoxy groups -OCH3 is 1. The molecule has 0 fully saturated rings. The number of carboxylic acid groups (broad SMARTS) is 1. The average Bonchev–Trinajstić information content (AvgIpc) is 2.69. The third kappa shape index (κ3) is 5.69. The highest BCUT2D eigenvalue weighted by molar-refractivity contribution is 7.99. The standard InChI is InChI=1S/C14H22N2O5S/c1-9-11(10(2)21-16-9)6-22-7-12(17)15-14(3,8-20-4)5-13(18)19/h5-8H2,1-4H3,(H,15,17)(H,18,19). The molecule has 0 aliphatic rings. The van der Waals surface area contributed by atoms with Crippen LogP contribution in [0.5, 0.6) is 0 Å². The van der Waals surface area contributed by atoms with Crippen molar-refractivity contribution in [2.24, 2.45) is 0 Å². The summed E-state index contributed by atoms with van der Waals surface area (Å²) in [7, 11) is 1.47. The Balaban J connectivity index is 2.49. The molecular weight excluding hydrogens is 308 g/mol. The molecule has 124 valence electrons. The van der Waals surface area contributed by atoms with Crippen LogP contribution in [0.15, 0.2) is 4.52 Å². The van der Waals surface area contributed by atoms with Gasteiger partial charge in [-0.2, -0.15) is 0 Å². The summed E-state index contributed by atoms with van der Waals surface area (Å²) in [6.45, 7) is 5.48.